The van der Waals surface area contributed by atoms with Crippen LogP contribution in [0.25, 0.3) is 16.3 Å². The highest BCUT2D eigenvalue weighted by Crippen LogP contribution is 2.29. The van der Waals surface area contributed by atoms with Crippen molar-refractivity contribution in [2.75, 3.05) is 46.9 Å². The fourth-order valence-corrected chi connectivity index (χ4v) is 5.20. The number of esters is 2. The number of hydrogen-bond acceptors (Lipinski definition) is 9. The number of methoxy groups -OCH3 is 2. The van der Waals surface area contributed by atoms with E-state index in [0.29, 0.717) is 22.8 Å². The summed E-state index contributed by atoms with van der Waals surface area (Å²) in [6, 6.07) is 10.2. The standard InChI is InChI=1S/C25H28N4O5S/c1-33-20(30)15-18-21-23(31)26-19(27-24(21)35-22(18)25(32)34-2)16-29-13-11-28(12-14-29)10-6-9-17-7-4-3-5-8-17/h3-9H,10-16H2,1-2H3,(H,26,27,31). The van der Waals surface area contributed by atoms with Crippen LogP contribution in [-0.4, -0.2) is 78.6 Å². The van der Waals surface area contributed by atoms with Gasteiger partial charge in [0.1, 0.15) is 15.5 Å². The van der Waals surface area contributed by atoms with Crippen LogP contribution in [-0.2, 0) is 27.2 Å². The molecule has 184 valence electrons. The van der Waals surface area contributed by atoms with Gasteiger partial charge in [-0.05, 0) is 5.56 Å². The lowest BCUT2D eigenvalue weighted by molar-refractivity contribution is -0.139. The molecule has 3 aromatic rings. The van der Waals surface area contributed by atoms with E-state index in [1.165, 1.54) is 19.8 Å². The lowest BCUT2D eigenvalue weighted by Gasteiger charge is -2.33. The van der Waals surface area contributed by atoms with Crippen molar-refractivity contribution in [1.29, 1.82) is 0 Å². The minimum atomic E-state index is -0.606. The molecule has 1 fully saturated rings. The van der Waals surface area contributed by atoms with Crippen LogP contribution < -0.4 is 5.56 Å². The van der Waals surface area contributed by atoms with E-state index in [-0.39, 0.29) is 22.2 Å². The van der Waals surface area contributed by atoms with Gasteiger partial charge in [0.15, 0.2) is 0 Å². The molecule has 35 heavy (non-hydrogen) atoms. The van der Waals surface area contributed by atoms with E-state index in [0.717, 1.165) is 44.1 Å². The second-order valence-corrected chi connectivity index (χ2v) is 9.24. The molecule has 0 radical (unpaired) electrons. The molecule has 0 atom stereocenters. The summed E-state index contributed by atoms with van der Waals surface area (Å²) in [6.45, 7) is 4.92. The molecular weight excluding hydrogens is 468 g/mol. The Kier molecular flexibility index (Phi) is 8.06. The molecule has 0 amide bonds. The van der Waals surface area contributed by atoms with Crippen molar-refractivity contribution < 1.29 is 19.1 Å². The molecular formula is C25H28N4O5S. The number of piperazine rings is 1. The van der Waals surface area contributed by atoms with Crippen molar-refractivity contribution in [1.82, 2.24) is 19.8 Å². The van der Waals surface area contributed by atoms with Gasteiger partial charge in [0.2, 0.25) is 0 Å². The Hall–Kier alpha value is -3.34. The topological polar surface area (TPSA) is 105 Å². The molecule has 4 rings (SSSR count). The third-order valence-electron chi connectivity index (χ3n) is 5.94. The maximum atomic E-state index is 12.9. The zero-order valence-corrected chi connectivity index (χ0v) is 20.6. The highest BCUT2D eigenvalue weighted by atomic mass is 32.1. The Morgan fingerprint density at radius 2 is 1.80 bits per heavy atom. The van der Waals surface area contributed by atoms with E-state index in [9.17, 15) is 14.4 Å². The summed E-state index contributed by atoms with van der Waals surface area (Å²) in [5.74, 6) is -0.623. The number of H-pyrrole nitrogens is 1. The highest BCUT2D eigenvalue weighted by molar-refractivity contribution is 7.20. The molecule has 1 aliphatic heterocycles. The molecule has 1 N–H and O–H groups in total. The van der Waals surface area contributed by atoms with Crippen LogP contribution in [0.4, 0.5) is 0 Å². The van der Waals surface area contributed by atoms with Crippen LogP contribution in [0.2, 0.25) is 0 Å². The Labute approximate surface area is 207 Å². The number of nitrogens with zero attached hydrogens (tertiary/aromatic N) is 3. The van der Waals surface area contributed by atoms with Gasteiger partial charge in [0.25, 0.3) is 5.56 Å². The van der Waals surface area contributed by atoms with Crippen molar-refractivity contribution in [2.45, 2.75) is 13.0 Å². The molecule has 0 spiro atoms. The Morgan fingerprint density at radius 1 is 1.09 bits per heavy atom. The molecule has 0 unspecified atom stereocenters. The summed E-state index contributed by atoms with van der Waals surface area (Å²) in [5.41, 5.74) is 1.11. The molecule has 1 saturated heterocycles. The lowest BCUT2D eigenvalue weighted by Crippen LogP contribution is -2.46. The summed E-state index contributed by atoms with van der Waals surface area (Å²) in [6.07, 6.45) is 4.11. The molecule has 1 aliphatic rings. The van der Waals surface area contributed by atoms with Crippen molar-refractivity contribution in [3.8, 4) is 0 Å². The fraction of sp³-hybridized carbons (Fsp3) is 0.360. The average molecular weight is 497 g/mol. The fourth-order valence-electron chi connectivity index (χ4n) is 4.07. The maximum Gasteiger partial charge on any atom is 0.348 e. The van der Waals surface area contributed by atoms with Crippen molar-refractivity contribution in [3.05, 3.63) is 68.6 Å². The smallest absolute Gasteiger partial charge is 0.348 e. The summed E-state index contributed by atoms with van der Waals surface area (Å²) in [7, 11) is 2.52. The van der Waals surface area contributed by atoms with E-state index >= 15 is 0 Å². The number of ether oxygens (including phenoxy) is 2. The molecule has 3 heterocycles. The molecule has 2 aromatic heterocycles. The first kappa shape index (κ1) is 24.8. The van der Waals surface area contributed by atoms with Gasteiger partial charge in [-0.15, -0.1) is 11.3 Å². The molecule has 0 aliphatic carbocycles. The molecule has 0 bridgehead atoms. The third kappa shape index (κ3) is 6.02. The number of carbonyl (C=O) groups excluding carboxylic acids is 2. The number of thiophene rings is 1. The van der Waals surface area contributed by atoms with Crippen LogP contribution in [0.5, 0.6) is 0 Å². The molecule has 10 heteroatoms. The number of hydrogen-bond donors (Lipinski definition) is 1. The van der Waals surface area contributed by atoms with Gasteiger partial charge in [0, 0.05) is 38.3 Å². The van der Waals surface area contributed by atoms with Gasteiger partial charge in [-0.1, -0.05) is 42.5 Å². The number of nitrogens with one attached hydrogen (secondary N) is 1. The van der Waals surface area contributed by atoms with Crippen LogP contribution in [0.3, 0.4) is 0 Å². The van der Waals surface area contributed by atoms with Crippen LogP contribution >= 0.6 is 11.3 Å². The summed E-state index contributed by atoms with van der Waals surface area (Å²) in [4.78, 5) is 49.7. The Bertz CT molecular complexity index is 1280. The molecule has 9 nitrogen and oxygen atoms in total. The van der Waals surface area contributed by atoms with Crippen LogP contribution in [0, 0.1) is 0 Å². The number of benzene rings is 1. The van der Waals surface area contributed by atoms with Gasteiger partial charge in [-0.25, -0.2) is 9.78 Å². The molecule has 0 saturated carbocycles. The third-order valence-corrected chi connectivity index (χ3v) is 7.05. The van der Waals surface area contributed by atoms with Crippen LogP contribution in [0.15, 0.2) is 41.2 Å². The van der Waals surface area contributed by atoms with Crippen molar-refractivity contribution in [2.24, 2.45) is 0 Å². The van der Waals surface area contributed by atoms with Gasteiger partial charge < -0.3 is 14.5 Å². The van der Waals surface area contributed by atoms with Crippen molar-refractivity contribution >= 4 is 39.6 Å². The van der Waals surface area contributed by atoms with E-state index in [1.807, 2.05) is 18.2 Å². The number of carbonyl (C=O) groups is 2. The van der Waals surface area contributed by atoms with E-state index in [2.05, 4.69) is 44.1 Å². The highest BCUT2D eigenvalue weighted by Gasteiger charge is 2.25. The van der Waals surface area contributed by atoms with Gasteiger partial charge >= 0.3 is 11.9 Å². The normalized spacial score (nSPS) is 15.0. The van der Waals surface area contributed by atoms with E-state index in [1.54, 1.807) is 0 Å². The minimum Gasteiger partial charge on any atom is -0.469 e. The van der Waals surface area contributed by atoms with E-state index < -0.39 is 11.9 Å². The zero-order chi connectivity index (χ0) is 24.8. The summed E-state index contributed by atoms with van der Waals surface area (Å²) >= 11 is 1.06. The van der Waals surface area contributed by atoms with E-state index in [4.69, 9.17) is 9.47 Å². The predicted octanol–water partition coefficient (Wildman–Crippen LogP) is 2.32. The predicted molar refractivity (Wildman–Crippen MR) is 134 cm³/mol. The number of fused-ring (bicyclic) bond motifs is 1. The lowest BCUT2D eigenvalue weighted by atomic mass is 10.1. The quantitative estimate of drug-likeness (QED) is 0.474. The monoisotopic (exact) mass is 496 g/mol. The number of rotatable bonds is 8. The first-order valence-corrected chi connectivity index (χ1v) is 12.2. The first-order chi connectivity index (χ1) is 17.0. The Morgan fingerprint density at radius 3 is 2.49 bits per heavy atom. The second kappa shape index (κ2) is 11.4. The van der Waals surface area contributed by atoms with Gasteiger partial charge in [-0.3, -0.25) is 19.4 Å². The number of aromatic amines is 1. The average Bonchev–Trinajstić information content (AvgIpc) is 3.23. The first-order valence-electron chi connectivity index (χ1n) is 11.3. The Balaban J connectivity index is 1.42. The van der Waals surface area contributed by atoms with Crippen molar-refractivity contribution in [3.63, 3.8) is 0 Å². The SMILES string of the molecule is COC(=O)Cc1c(C(=O)OC)sc2nc(CN3CCN(CC=Cc4ccccc4)CC3)[nH]c(=O)c12. The van der Waals surface area contributed by atoms with Gasteiger partial charge in [0.05, 0.1) is 32.6 Å². The maximum absolute atomic E-state index is 12.9. The summed E-state index contributed by atoms with van der Waals surface area (Å²) < 4.78 is 9.56. The van der Waals surface area contributed by atoms with Crippen LogP contribution in [0.1, 0.15) is 26.6 Å². The summed E-state index contributed by atoms with van der Waals surface area (Å²) in [5, 5.41) is 0.236. The largest absolute Gasteiger partial charge is 0.469 e. The second-order valence-electron chi connectivity index (χ2n) is 8.24. The van der Waals surface area contributed by atoms with Gasteiger partial charge in [-0.2, -0.15) is 0 Å². The minimum absolute atomic E-state index is 0.195. The molecule has 1 aromatic carbocycles. The number of aromatic nitrogens is 2. The zero-order valence-electron chi connectivity index (χ0n) is 19.8.